The number of halogens is 1. The maximum Gasteiger partial charge on any atom is 0.267 e. The van der Waals surface area contributed by atoms with Gasteiger partial charge in [-0.3, -0.25) is 9.78 Å². The van der Waals surface area contributed by atoms with Crippen molar-refractivity contribution in [3.05, 3.63) is 46.7 Å². The van der Waals surface area contributed by atoms with Crippen LogP contribution in [0.4, 0.5) is 10.1 Å². The van der Waals surface area contributed by atoms with Gasteiger partial charge in [0.15, 0.2) is 0 Å². The topological polar surface area (TPSA) is 42.0 Å². The van der Waals surface area contributed by atoms with Crippen LogP contribution >= 0.6 is 11.3 Å². The Morgan fingerprint density at radius 3 is 2.87 bits per heavy atom. The average molecular weight is 222 g/mol. The van der Waals surface area contributed by atoms with Crippen LogP contribution in [0.2, 0.25) is 0 Å². The quantitative estimate of drug-likeness (QED) is 0.848. The Labute approximate surface area is 89.6 Å². The molecule has 1 aromatic heterocycles. The monoisotopic (exact) mass is 222 g/mol. The number of hydrogen-bond acceptors (Lipinski definition) is 3. The van der Waals surface area contributed by atoms with Gasteiger partial charge in [0.1, 0.15) is 10.7 Å². The van der Waals surface area contributed by atoms with E-state index in [1.165, 1.54) is 29.7 Å². The molecule has 1 aromatic carbocycles. The highest BCUT2D eigenvalue weighted by Gasteiger charge is 2.09. The fourth-order valence-electron chi connectivity index (χ4n) is 1.07. The summed E-state index contributed by atoms with van der Waals surface area (Å²) in [7, 11) is 0. The van der Waals surface area contributed by atoms with Gasteiger partial charge >= 0.3 is 0 Å². The van der Waals surface area contributed by atoms with Crippen molar-refractivity contribution in [2.75, 3.05) is 5.32 Å². The lowest BCUT2D eigenvalue weighted by atomic mass is 10.3. The highest BCUT2D eigenvalue weighted by atomic mass is 32.1. The summed E-state index contributed by atoms with van der Waals surface area (Å²) in [6, 6.07) is 6.03. The summed E-state index contributed by atoms with van der Waals surface area (Å²) in [5.74, 6) is -0.794. The van der Waals surface area contributed by atoms with E-state index in [0.717, 1.165) is 0 Å². The van der Waals surface area contributed by atoms with E-state index in [-0.39, 0.29) is 11.6 Å². The predicted octanol–water partition coefficient (Wildman–Crippen LogP) is 2.53. The summed E-state index contributed by atoms with van der Waals surface area (Å²) in [6.07, 6.45) is 1.45. The van der Waals surface area contributed by atoms with Gasteiger partial charge in [0.2, 0.25) is 0 Å². The Kier molecular flexibility index (Phi) is 2.73. The van der Waals surface area contributed by atoms with Crippen LogP contribution in [0, 0.1) is 5.82 Å². The van der Waals surface area contributed by atoms with Crippen molar-refractivity contribution in [2.24, 2.45) is 0 Å². The molecule has 1 N–H and O–H groups in total. The fraction of sp³-hybridized carbons (Fsp3) is 0. The number of thiazole rings is 1. The molecule has 0 aliphatic carbocycles. The Morgan fingerprint density at radius 1 is 1.40 bits per heavy atom. The second-order valence-electron chi connectivity index (χ2n) is 2.80. The first-order chi connectivity index (χ1) is 7.27. The van der Waals surface area contributed by atoms with E-state index in [2.05, 4.69) is 10.3 Å². The molecule has 0 bridgehead atoms. The molecule has 0 unspecified atom stereocenters. The van der Waals surface area contributed by atoms with Crippen LogP contribution in [-0.2, 0) is 0 Å². The first kappa shape index (κ1) is 9.79. The number of aromatic nitrogens is 1. The van der Waals surface area contributed by atoms with Crippen LogP contribution in [-0.4, -0.2) is 10.9 Å². The van der Waals surface area contributed by atoms with Crippen LogP contribution in [0.15, 0.2) is 36.0 Å². The largest absolute Gasteiger partial charge is 0.319 e. The molecule has 15 heavy (non-hydrogen) atoms. The number of rotatable bonds is 2. The van der Waals surface area contributed by atoms with Crippen LogP contribution in [0.5, 0.6) is 0 Å². The highest BCUT2D eigenvalue weighted by molar-refractivity contribution is 7.11. The number of carbonyl (C=O) groups is 1. The molecule has 0 fully saturated rings. The smallest absolute Gasteiger partial charge is 0.267 e. The lowest BCUT2D eigenvalue weighted by Crippen LogP contribution is -2.11. The van der Waals surface area contributed by atoms with Crippen molar-refractivity contribution < 1.29 is 9.18 Å². The number of carbonyl (C=O) groups excluding carboxylic acids is 1. The third kappa shape index (κ3) is 2.19. The minimum atomic E-state index is -0.449. The molecular weight excluding hydrogens is 215 g/mol. The number of amides is 1. The standard InChI is InChI=1S/C10H7FN2OS/c11-7-3-1-2-4-8(7)13-10(14)9-5-12-6-15-9/h1-6H,(H,13,14). The number of nitrogens with one attached hydrogen (secondary N) is 1. The number of para-hydroxylation sites is 1. The number of hydrogen-bond donors (Lipinski definition) is 1. The van der Waals surface area contributed by atoms with E-state index in [9.17, 15) is 9.18 Å². The molecule has 0 radical (unpaired) electrons. The van der Waals surface area contributed by atoms with E-state index >= 15 is 0 Å². The molecule has 1 amide bonds. The molecule has 0 saturated carbocycles. The molecule has 0 saturated heterocycles. The maximum atomic E-state index is 13.2. The molecule has 0 aliphatic heterocycles. The minimum Gasteiger partial charge on any atom is -0.319 e. The van der Waals surface area contributed by atoms with E-state index < -0.39 is 5.82 Å². The Bertz CT molecular complexity index is 470. The maximum absolute atomic E-state index is 13.2. The lowest BCUT2D eigenvalue weighted by Gasteiger charge is -2.03. The molecule has 2 rings (SSSR count). The third-order valence-electron chi connectivity index (χ3n) is 1.78. The van der Waals surface area contributed by atoms with Crippen molar-refractivity contribution in [3.8, 4) is 0 Å². The summed E-state index contributed by atoms with van der Waals surface area (Å²) in [6.45, 7) is 0. The number of nitrogens with zero attached hydrogens (tertiary/aromatic N) is 1. The van der Waals surface area contributed by atoms with Crippen molar-refractivity contribution in [1.82, 2.24) is 4.98 Å². The van der Waals surface area contributed by atoms with Crippen LogP contribution in [0.3, 0.4) is 0 Å². The first-order valence-corrected chi connectivity index (χ1v) is 5.10. The van der Waals surface area contributed by atoms with Gasteiger partial charge in [-0.1, -0.05) is 12.1 Å². The molecule has 0 spiro atoms. The summed E-state index contributed by atoms with van der Waals surface area (Å²) in [4.78, 5) is 15.7. The van der Waals surface area contributed by atoms with Crippen molar-refractivity contribution in [1.29, 1.82) is 0 Å². The second-order valence-corrected chi connectivity index (χ2v) is 3.69. The third-order valence-corrected chi connectivity index (χ3v) is 2.55. The van der Waals surface area contributed by atoms with Crippen LogP contribution in [0.25, 0.3) is 0 Å². The summed E-state index contributed by atoms with van der Waals surface area (Å²) in [5.41, 5.74) is 1.73. The molecular formula is C10H7FN2OS. The van der Waals surface area contributed by atoms with E-state index in [0.29, 0.717) is 4.88 Å². The molecule has 0 aliphatic rings. The first-order valence-electron chi connectivity index (χ1n) is 4.22. The molecule has 2 aromatic rings. The molecule has 76 valence electrons. The highest BCUT2D eigenvalue weighted by Crippen LogP contribution is 2.15. The van der Waals surface area contributed by atoms with Gasteiger partial charge in [0.05, 0.1) is 17.4 Å². The molecule has 0 atom stereocenters. The van der Waals surface area contributed by atoms with Gasteiger partial charge < -0.3 is 5.32 Å². The zero-order valence-corrected chi connectivity index (χ0v) is 8.42. The zero-order chi connectivity index (χ0) is 10.7. The van der Waals surface area contributed by atoms with E-state index in [4.69, 9.17) is 0 Å². The lowest BCUT2D eigenvalue weighted by molar-refractivity contribution is 0.103. The van der Waals surface area contributed by atoms with Gasteiger partial charge in [-0.05, 0) is 12.1 Å². The predicted molar refractivity (Wildman–Crippen MR) is 56.5 cm³/mol. The molecule has 1 heterocycles. The van der Waals surface area contributed by atoms with Gasteiger partial charge in [0, 0.05) is 0 Å². The minimum absolute atomic E-state index is 0.177. The average Bonchev–Trinajstić information content (AvgIpc) is 2.74. The normalized spacial score (nSPS) is 9.93. The van der Waals surface area contributed by atoms with Gasteiger partial charge in [-0.15, -0.1) is 11.3 Å². The number of anilines is 1. The van der Waals surface area contributed by atoms with Crippen molar-refractivity contribution in [3.63, 3.8) is 0 Å². The Morgan fingerprint density at radius 2 is 2.20 bits per heavy atom. The second kappa shape index (κ2) is 4.18. The van der Waals surface area contributed by atoms with Crippen LogP contribution < -0.4 is 5.32 Å². The molecule has 3 nitrogen and oxygen atoms in total. The number of benzene rings is 1. The van der Waals surface area contributed by atoms with Gasteiger partial charge in [-0.2, -0.15) is 0 Å². The SMILES string of the molecule is O=C(Nc1ccccc1F)c1cncs1. The Balaban J connectivity index is 2.17. The molecule has 5 heteroatoms. The summed E-state index contributed by atoms with van der Waals surface area (Å²) in [5, 5.41) is 2.47. The van der Waals surface area contributed by atoms with Crippen LogP contribution in [0.1, 0.15) is 9.67 Å². The van der Waals surface area contributed by atoms with Crippen molar-refractivity contribution >= 4 is 22.9 Å². The van der Waals surface area contributed by atoms with E-state index in [1.54, 1.807) is 17.6 Å². The summed E-state index contributed by atoms with van der Waals surface area (Å²) < 4.78 is 13.2. The fourth-order valence-corrected chi connectivity index (χ4v) is 1.59. The zero-order valence-electron chi connectivity index (χ0n) is 7.61. The van der Waals surface area contributed by atoms with E-state index in [1.807, 2.05) is 0 Å². The van der Waals surface area contributed by atoms with Crippen molar-refractivity contribution in [2.45, 2.75) is 0 Å². The Hall–Kier alpha value is -1.75. The van der Waals surface area contributed by atoms with Gasteiger partial charge in [-0.25, -0.2) is 4.39 Å². The summed E-state index contributed by atoms with van der Waals surface area (Å²) >= 11 is 1.21. The van der Waals surface area contributed by atoms with Gasteiger partial charge in [0.25, 0.3) is 5.91 Å².